The fourth-order valence-electron chi connectivity index (χ4n) is 3.69. The number of benzene rings is 2. The normalized spacial score (nSPS) is 17.5. The summed E-state index contributed by atoms with van der Waals surface area (Å²) < 4.78 is 21.0. The quantitative estimate of drug-likeness (QED) is 0.671. The summed E-state index contributed by atoms with van der Waals surface area (Å²) in [5, 5.41) is 6.07. The Hall–Kier alpha value is -3.42. The molecule has 2 atom stereocenters. The van der Waals surface area contributed by atoms with Crippen LogP contribution < -0.4 is 29.6 Å². The van der Waals surface area contributed by atoms with Gasteiger partial charge in [-0.15, -0.1) is 0 Å². The van der Waals surface area contributed by atoms with E-state index in [1.165, 1.54) is 28.4 Å². The maximum Gasteiger partial charge on any atom is 0.251 e. The molecule has 2 N–H and O–H groups in total. The van der Waals surface area contributed by atoms with E-state index >= 15 is 0 Å². The standard InChI is InChI=1S/C23H28N2O6/c1-28-16-8-14(9-17(12-16)29-2)22(26)24-20-6-5-7-21(20)25-23(27)15-10-18(30-3)13-19(11-15)31-4/h8-13,20-21H,5-7H2,1-4H3,(H,24,26)(H,25,27). The molecule has 0 heterocycles. The third-order valence-electron chi connectivity index (χ3n) is 5.38. The van der Waals surface area contributed by atoms with Crippen molar-refractivity contribution < 1.29 is 28.5 Å². The van der Waals surface area contributed by atoms with E-state index in [0.29, 0.717) is 34.1 Å². The van der Waals surface area contributed by atoms with Gasteiger partial charge in [0.1, 0.15) is 23.0 Å². The predicted molar refractivity (Wildman–Crippen MR) is 115 cm³/mol. The molecule has 1 aliphatic carbocycles. The van der Waals surface area contributed by atoms with Crippen LogP contribution in [0.15, 0.2) is 36.4 Å². The predicted octanol–water partition coefficient (Wildman–Crippen LogP) is 2.80. The number of amides is 2. The molecule has 1 aliphatic rings. The molecule has 2 aromatic carbocycles. The molecule has 8 nitrogen and oxygen atoms in total. The van der Waals surface area contributed by atoms with Crippen molar-refractivity contribution in [3.8, 4) is 23.0 Å². The second-order valence-electron chi connectivity index (χ2n) is 7.29. The van der Waals surface area contributed by atoms with Crippen molar-refractivity contribution in [1.29, 1.82) is 0 Å². The lowest BCUT2D eigenvalue weighted by molar-refractivity contribution is 0.0891. The maximum absolute atomic E-state index is 12.8. The number of methoxy groups -OCH3 is 4. The molecule has 2 amide bonds. The van der Waals surface area contributed by atoms with E-state index in [9.17, 15) is 9.59 Å². The van der Waals surface area contributed by atoms with Crippen LogP contribution in [0.25, 0.3) is 0 Å². The molecule has 2 aromatic rings. The first-order valence-electron chi connectivity index (χ1n) is 10.0. The monoisotopic (exact) mass is 428 g/mol. The van der Waals surface area contributed by atoms with Crippen molar-refractivity contribution in [3.63, 3.8) is 0 Å². The number of hydrogen-bond donors (Lipinski definition) is 2. The third kappa shape index (κ3) is 5.39. The van der Waals surface area contributed by atoms with Gasteiger partial charge in [-0.1, -0.05) is 0 Å². The van der Waals surface area contributed by atoms with Crippen LogP contribution in [-0.4, -0.2) is 52.3 Å². The van der Waals surface area contributed by atoms with Gasteiger partial charge < -0.3 is 29.6 Å². The minimum Gasteiger partial charge on any atom is -0.497 e. The molecule has 3 rings (SSSR count). The first-order chi connectivity index (χ1) is 15.0. The van der Waals surface area contributed by atoms with E-state index in [-0.39, 0.29) is 23.9 Å². The molecule has 166 valence electrons. The first kappa shape index (κ1) is 22.3. The molecule has 0 bridgehead atoms. The van der Waals surface area contributed by atoms with Gasteiger partial charge in [0.05, 0.1) is 28.4 Å². The Morgan fingerprint density at radius 1 is 0.645 bits per heavy atom. The van der Waals surface area contributed by atoms with Crippen molar-refractivity contribution in [2.24, 2.45) is 0 Å². The molecular weight excluding hydrogens is 400 g/mol. The molecule has 0 saturated heterocycles. The Kier molecular flexibility index (Phi) is 7.23. The number of ether oxygens (including phenoxy) is 4. The largest absolute Gasteiger partial charge is 0.497 e. The lowest BCUT2D eigenvalue weighted by Crippen LogP contribution is -2.48. The molecule has 31 heavy (non-hydrogen) atoms. The van der Waals surface area contributed by atoms with Crippen LogP contribution >= 0.6 is 0 Å². The number of hydrogen-bond acceptors (Lipinski definition) is 6. The Morgan fingerprint density at radius 3 is 1.26 bits per heavy atom. The minimum atomic E-state index is -0.244. The van der Waals surface area contributed by atoms with E-state index in [2.05, 4.69) is 10.6 Å². The number of rotatable bonds is 8. The molecule has 8 heteroatoms. The summed E-state index contributed by atoms with van der Waals surface area (Å²) in [6, 6.07) is 9.68. The summed E-state index contributed by atoms with van der Waals surface area (Å²) in [6.07, 6.45) is 2.46. The van der Waals surface area contributed by atoms with Gasteiger partial charge in [-0.25, -0.2) is 0 Å². The van der Waals surface area contributed by atoms with Crippen LogP contribution in [0.2, 0.25) is 0 Å². The Balaban J connectivity index is 1.70. The van der Waals surface area contributed by atoms with Crippen LogP contribution in [0.3, 0.4) is 0 Å². The smallest absolute Gasteiger partial charge is 0.251 e. The fraction of sp³-hybridized carbons (Fsp3) is 0.391. The highest BCUT2D eigenvalue weighted by Gasteiger charge is 2.30. The molecular formula is C23H28N2O6. The van der Waals surface area contributed by atoms with Crippen molar-refractivity contribution >= 4 is 11.8 Å². The van der Waals surface area contributed by atoms with Gasteiger partial charge in [0.25, 0.3) is 11.8 Å². The van der Waals surface area contributed by atoms with Crippen molar-refractivity contribution in [3.05, 3.63) is 47.5 Å². The van der Waals surface area contributed by atoms with Gasteiger partial charge in [-0.05, 0) is 43.5 Å². The molecule has 1 fully saturated rings. The van der Waals surface area contributed by atoms with Gasteiger partial charge in [0.15, 0.2) is 0 Å². The van der Waals surface area contributed by atoms with Gasteiger partial charge in [-0.2, -0.15) is 0 Å². The van der Waals surface area contributed by atoms with Crippen molar-refractivity contribution in [2.75, 3.05) is 28.4 Å². The van der Waals surface area contributed by atoms with Crippen molar-refractivity contribution in [2.45, 2.75) is 31.3 Å². The SMILES string of the molecule is COc1cc(OC)cc(C(=O)NC2CCCC2NC(=O)c2cc(OC)cc(OC)c2)c1. The van der Waals surface area contributed by atoms with E-state index in [1.54, 1.807) is 36.4 Å². The summed E-state index contributed by atoms with van der Waals surface area (Å²) in [7, 11) is 6.14. The van der Waals surface area contributed by atoms with Crippen LogP contribution in [0, 0.1) is 0 Å². The van der Waals surface area contributed by atoms with Crippen LogP contribution in [-0.2, 0) is 0 Å². The molecule has 2 unspecified atom stereocenters. The number of carbonyl (C=O) groups is 2. The molecule has 0 radical (unpaired) electrons. The lowest BCUT2D eigenvalue weighted by atomic mass is 10.1. The van der Waals surface area contributed by atoms with Crippen LogP contribution in [0.4, 0.5) is 0 Å². The number of nitrogens with one attached hydrogen (secondary N) is 2. The maximum atomic E-state index is 12.8. The Bertz CT molecular complexity index is 826. The van der Waals surface area contributed by atoms with Gasteiger partial charge >= 0.3 is 0 Å². The van der Waals surface area contributed by atoms with Gasteiger partial charge in [0.2, 0.25) is 0 Å². The van der Waals surface area contributed by atoms with E-state index in [1.807, 2.05) is 0 Å². The van der Waals surface area contributed by atoms with E-state index in [4.69, 9.17) is 18.9 Å². The van der Waals surface area contributed by atoms with Crippen molar-refractivity contribution in [1.82, 2.24) is 10.6 Å². The summed E-state index contributed by atoms with van der Waals surface area (Å²) in [5.74, 6) is 1.65. The zero-order valence-electron chi connectivity index (χ0n) is 18.2. The molecule has 0 spiro atoms. The highest BCUT2D eigenvalue weighted by Crippen LogP contribution is 2.26. The number of carbonyl (C=O) groups excluding carboxylic acids is 2. The highest BCUT2D eigenvalue weighted by atomic mass is 16.5. The Labute approximate surface area is 181 Å². The summed E-state index contributed by atoms with van der Waals surface area (Å²) >= 11 is 0. The average Bonchev–Trinajstić information content (AvgIpc) is 3.24. The van der Waals surface area contributed by atoms with Crippen LogP contribution in [0.1, 0.15) is 40.0 Å². The second kappa shape index (κ2) is 10.1. The average molecular weight is 428 g/mol. The summed E-state index contributed by atoms with van der Waals surface area (Å²) in [4.78, 5) is 25.7. The van der Waals surface area contributed by atoms with Gasteiger partial charge in [0, 0.05) is 35.3 Å². The Morgan fingerprint density at radius 2 is 0.968 bits per heavy atom. The highest BCUT2D eigenvalue weighted by molar-refractivity contribution is 5.96. The van der Waals surface area contributed by atoms with Gasteiger partial charge in [-0.3, -0.25) is 9.59 Å². The summed E-state index contributed by atoms with van der Waals surface area (Å²) in [6.45, 7) is 0. The minimum absolute atomic E-state index is 0.179. The molecule has 1 saturated carbocycles. The van der Waals surface area contributed by atoms with Crippen LogP contribution in [0.5, 0.6) is 23.0 Å². The summed E-state index contributed by atoms with van der Waals surface area (Å²) in [5.41, 5.74) is 0.872. The van der Waals surface area contributed by atoms with E-state index < -0.39 is 0 Å². The topological polar surface area (TPSA) is 95.1 Å². The first-order valence-corrected chi connectivity index (χ1v) is 10.0. The zero-order valence-corrected chi connectivity index (χ0v) is 18.2. The fourth-order valence-corrected chi connectivity index (χ4v) is 3.69. The molecule has 0 aromatic heterocycles. The lowest BCUT2D eigenvalue weighted by Gasteiger charge is -2.23. The second-order valence-corrected chi connectivity index (χ2v) is 7.29. The van der Waals surface area contributed by atoms with E-state index in [0.717, 1.165) is 19.3 Å². The third-order valence-corrected chi connectivity index (χ3v) is 5.38. The zero-order chi connectivity index (χ0) is 22.4. The molecule has 0 aliphatic heterocycles.